The van der Waals surface area contributed by atoms with Crippen LogP contribution in [-0.2, 0) is 27.7 Å². The number of sulfonamides is 1. The van der Waals surface area contributed by atoms with Crippen LogP contribution in [0.25, 0.3) is 0 Å². The molecule has 2 aromatic rings. The van der Waals surface area contributed by atoms with E-state index in [0.29, 0.717) is 45.3 Å². The van der Waals surface area contributed by atoms with Gasteiger partial charge in [0.2, 0.25) is 15.9 Å². The summed E-state index contributed by atoms with van der Waals surface area (Å²) in [4.78, 5) is 12.4. The topological polar surface area (TPSA) is 66.5 Å². The molecule has 2 aromatic carbocycles. The Morgan fingerprint density at radius 3 is 2.27 bits per heavy atom. The zero-order valence-electron chi connectivity index (χ0n) is 17.1. The number of amides is 1. The normalized spacial score (nSPS) is 15.8. The second-order valence-electron chi connectivity index (χ2n) is 7.75. The lowest BCUT2D eigenvalue weighted by molar-refractivity contribution is -0.126. The van der Waals surface area contributed by atoms with Crippen LogP contribution in [0, 0.1) is 11.7 Å². The van der Waals surface area contributed by atoms with E-state index in [9.17, 15) is 17.6 Å². The highest BCUT2D eigenvalue weighted by molar-refractivity contribution is 7.89. The third-order valence-electron chi connectivity index (χ3n) is 5.55. The van der Waals surface area contributed by atoms with Gasteiger partial charge in [-0.2, -0.15) is 0 Å². The number of carbonyl (C=O) groups excluding carboxylic acids is 1. The van der Waals surface area contributed by atoms with Crippen LogP contribution in [0.15, 0.2) is 54.6 Å². The van der Waals surface area contributed by atoms with Crippen LogP contribution in [0.5, 0.6) is 0 Å². The van der Waals surface area contributed by atoms with E-state index in [1.807, 2.05) is 30.3 Å². The van der Waals surface area contributed by atoms with Gasteiger partial charge in [-0.3, -0.25) is 4.79 Å². The van der Waals surface area contributed by atoms with Crippen LogP contribution in [0.2, 0.25) is 0 Å². The van der Waals surface area contributed by atoms with Crippen molar-refractivity contribution in [3.63, 3.8) is 0 Å². The van der Waals surface area contributed by atoms with Gasteiger partial charge in [0.05, 0.1) is 5.75 Å². The van der Waals surface area contributed by atoms with Gasteiger partial charge in [0, 0.05) is 25.6 Å². The number of nitrogens with zero attached hydrogens (tertiary/aromatic N) is 1. The van der Waals surface area contributed by atoms with E-state index in [2.05, 4.69) is 5.32 Å². The van der Waals surface area contributed by atoms with E-state index in [1.165, 1.54) is 16.4 Å². The predicted octanol–water partition coefficient (Wildman–Crippen LogP) is 3.16. The van der Waals surface area contributed by atoms with Gasteiger partial charge < -0.3 is 5.32 Å². The fraction of sp³-hybridized carbons (Fsp3) is 0.435. The lowest BCUT2D eigenvalue weighted by Gasteiger charge is -2.30. The highest BCUT2D eigenvalue weighted by atomic mass is 32.2. The largest absolute Gasteiger partial charge is 0.356 e. The third kappa shape index (κ3) is 6.64. The van der Waals surface area contributed by atoms with Crippen LogP contribution < -0.4 is 5.32 Å². The van der Waals surface area contributed by atoms with Gasteiger partial charge in [-0.05, 0) is 55.4 Å². The summed E-state index contributed by atoms with van der Waals surface area (Å²) < 4.78 is 39.7. The summed E-state index contributed by atoms with van der Waals surface area (Å²) in [5.74, 6) is -0.326. The summed E-state index contributed by atoms with van der Waals surface area (Å²) in [6, 6.07) is 16.1. The van der Waals surface area contributed by atoms with Gasteiger partial charge in [0.25, 0.3) is 0 Å². The summed E-state index contributed by atoms with van der Waals surface area (Å²) in [5.41, 5.74) is 2.11. The molecular formula is C23H29FN2O3S. The maximum Gasteiger partial charge on any atom is 0.223 e. The Hall–Kier alpha value is -2.25. The van der Waals surface area contributed by atoms with Gasteiger partial charge in [0.15, 0.2) is 0 Å². The molecule has 1 saturated heterocycles. The van der Waals surface area contributed by atoms with Crippen LogP contribution in [0.1, 0.15) is 30.4 Å². The fourth-order valence-electron chi connectivity index (χ4n) is 3.75. The molecule has 3 rings (SSSR count). The van der Waals surface area contributed by atoms with Crippen molar-refractivity contribution >= 4 is 15.9 Å². The van der Waals surface area contributed by atoms with E-state index < -0.39 is 10.0 Å². The highest BCUT2D eigenvalue weighted by Crippen LogP contribution is 2.21. The van der Waals surface area contributed by atoms with E-state index >= 15 is 0 Å². The van der Waals surface area contributed by atoms with Crippen molar-refractivity contribution in [3.05, 3.63) is 71.5 Å². The zero-order valence-corrected chi connectivity index (χ0v) is 17.9. The van der Waals surface area contributed by atoms with E-state index in [0.717, 1.165) is 17.5 Å². The molecular weight excluding hydrogens is 403 g/mol. The van der Waals surface area contributed by atoms with Gasteiger partial charge in [0.1, 0.15) is 5.82 Å². The Morgan fingerprint density at radius 2 is 1.60 bits per heavy atom. The van der Waals surface area contributed by atoms with Crippen molar-refractivity contribution in [2.45, 2.75) is 32.1 Å². The number of nitrogens with one attached hydrogen (secondary N) is 1. The lowest BCUT2D eigenvalue weighted by Crippen LogP contribution is -2.44. The Morgan fingerprint density at radius 1 is 0.967 bits per heavy atom. The van der Waals surface area contributed by atoms with Crippen LogP contribution >= 0.6 is 0 Å². The molecule has 1 aliphatic heterocycles. The molecule has 162 valence electrons. The molecule has 0 aromatic heterocycles. The monoisotopic (exact) mass is 432 g/mol. The third-order valence-corrected chi connectivity index (χ3v) is 7.51. The SMILES string of the molecule is O=C(NCCc1ccc(F)cc1)C1CCN(S(=O)(=O)CCCc2ccccc2)CC1. The van der Waals surface area contributed by atoms with Crippen molar-refractivity contribution in [1.29, 1.82) is 0 Å². The Labute approximate surface area is 178 Å². The number of piperidine rings is 1. The first-order valence-corrected chi connectivity index (χ1v) is 12.1. The molecule has 30 heavy (non-hydrogen) atoms. The van der Waals surface area contributed by atoms with Crippen LogP contribution in [-0.4, -0.2) is 44.0 Å². The first-order valence-electron chi connectivity index (χ1n) is 10.5. The Balaban J connectivity index is 1.37. The Bertz CT molecular complexity index is 909. The standard InChI is InChI=1S/C23H29FN2O3S/c24-22-10-8-20(9-11-22)12-15-25-23(27)21-13-16-26(17-14-21)30(28,29)18-4-7-19-5-2-1-3-6-19/h1-3,5-6,8-11,21H,4,7,12-18H2,(H,25,27). The summed E-state index contributed by atoms with van der Waals surface area (Å²) in [5, 5.41) is 2.92. The molecule has 1 heterocycles. The summed E-state index contributed by atoms with van der Waals surface area (Å²) in [6.45, 7) is 1.27. The number of halogens is 1. The number of carbonyl (C=O) groups is 1. The summed E-state index contributed by atoms with van der Waals surface area (Å²) in [7, 11) is -3.29. The molecule has 1 fully saturated rings. The molecule has 0 radical (unpaired) electrons. The molecule has 1 N–H and O–H groups in total. The summed E-state index contributed by atoms with van der Waals surface area (Å²) >= 11 is 0. The first-order chi connectivity index (χ1) is 14.4. The maximum absolute atomic E-state index is 12.9. The van der Waals surface area contributed by atoms with Crippen molar-refractivity contribution in [3.8, 4) is 0 Å². The van der Waals surface area contributed by atoms with E-state index in [4.69, 9.17) is 0 Å². The predicted molar refractivity (Wildman–Crippen MR) is 116 cm³/mol. The highest BCUT2D eigenvalue weighted by Gasteiger charge is 2.30. The molecule has 7 heteroatoms. The van der Waals surface area contributed by atoms with Gasteiger partial charge in [-0.1, -0.05) is 42.5 Å². The maximum atomic E-state index is 12.9. The van der Waals surface area contributed by atoms with Crippen LogP contribution in [0.3, 0.4) is 0 Å². The van der Waals surface area contributed by atoms with Crippen LogP contribution in [0.4, 0.5) is 4.39 Å². The van der Waals surface area contributed by atoms with Crippen molar-refractivity contribution in [2.75, 3.05) is 25.4 Å². The van der Waals surface area contributed by atoms with E-state index in [1.54, 1.807) is 12.1 Å². The minimum atomic E-state index is -3.29. The average molecular weight is 433 g/mol. The molecule has 5 nitrogen and oxygen atoms in total. The first kappa shape index (κ1) is 22.4. The van der Waals surface area contributed by atoms with Gasteiger partial charge in [-0.15, -0.1) is 0 Å². The minimum Gasteiger partial charge on any atom is -0.356 e. The molecule has 0 atom stereocenters. The van der Waals surface area contributed by atoms with E-state index in [-0.39, 0.29) is 23.4 Å². The molecule has 1 amide bonds. The van der Waals surface area contributed by atoms with Gasteiger partial charge >= 0.3 is 0 Å². The molecule has 0 unspecified atom stereocenters. The molecule has 1 aliphatic rings. The number of benzene rings is 2. The lowest BCUT2D eigenvalue weighted by atomic mass is 9.97. The zero-order chi connectivity index (χ0) is 21.4. The second-order valence-corrected chi connectivity index (χ2v) is 9.83. The quantitative estimate of drug-likeness (QED) is 0.662. The van der Waals surface area contributed by atoms with Crippen molar-refractivity contribution < 1.29 is 17.6 Å². The average Bonchev–Trinajstić information content (AvgIpc) is 2.76. The second kappa shape index (κ2) is 10.7. The molecule has 0 spiro atoms. The number of rotatable bonds is 9. The summed E-state index contributed by atoms with van der Waals surface area (Å²) in [6.07, 6.45) is 3.06. The molecule has 0 bridgehead atoms. The Kier molecular flexibility index (Phi) is 7.99. The minimum absolute atomic E-state index is 0.0294. The smallest absolute Gasteiger partial charge is 0.223 e. The van der Waals surface area contributed by atoms with Crippen molar-refractivity contribution in [1.82, 2.24) is 9.62 Å². The fourth-order valence-corrected chi connectivity index (χ4v) is 5.29. The van der Waals surface area contributed by atoms with Gasteiger partial charge in [-0.25, -0.2) is 17.1 Å². The molecule has 0 aliphatic carbocycles. The number of hydrogen-bond acceptors (Lipinski definition) is 3. The molecule has 0 saturated carbocycles. The number of aryl methyl sites for hydroxylation is 1. The van der Waals surface area contributed by atoms with Crippen molar-refractivity contribution in [2.24, 2.45) is 5.92 Å². The number of hydrogen-bond donors (Lipinski definition) is 1.